The lowest BCUT2D eigenvalue weighted by Crippen LogP contribution is -2.52. The molecule has 130 valence electrons. The van der Waals surface area contributed by atoms with Gasteiger partial charge in [0, 0.05) is 12.3 Å². The Balaban J connectivity index is 1.50. The number of benzene rings is 1. The van der Waals surface area contributed by atoms with E-state index in [2.05, 4.69) is 37.4 Å². The van der Waals surface area contributed by atoms with E-state index in [9.17, 15) is 9.59 Å². The lowest BCUT2D eigenvalue weighted by Gasteiger charge is -2.38. The number of aryl methyl sites for hydroxylation is 2. The Morgan fingerprint density at radius 1 is 1.33 bits per heavy atom. The largest absolute Gasteiger partial charge is 0.439 e. The first kappa shape index (κ1) is 17.1. The standard InChI is InChI=1S/C18H24N2O3S/c1-13-6-14(2)8-15(7-13)9-24-10-16(21)20-5-3-4-18(12-20)11-19-17(22)23-18/h6-8H,3-5,9-12H2,1-2H3,(H,19,22)/t18-/m1/s1. The van der Waals surface area contributed by atoms with Crippen molar-refractivity contribution in [1.29, 1.82) is 0 Å². The molecule has 1 aromatic rings. The topological polar surface area (TPSA) is 58.6 Å². The summed E-state index contributed by atoms with van der Waals surface area (Å²) < 4.78 is 5.42. The van der Waals surface area contributed by atoms with Crippen LogP contribution >= 0.6 is 11.8 Å². The Morgan fingerprint density at radius 2 is 2.08 bits per heavy atom. The number of nitrogens with one attached hydrogen (secondary N) is 1. The predicted molar refractivity (Wildman–Crippen MR) is 95.1 cm³/mol. The molecule has 1 aromatic carbocycles. The number of piperidine rings is 1. The van der Waals surface area contributed by atoms with E-state index in [-0.39, 0.29) is 12.0 Å². The molecule has 1 spiro atoms. The van der Waals surface area contributed by atoms with Crippen LogP contribution in [0.5, 0.6) is 0 Å². The van der Waals surface area contributed by atoms with Crippen LogP contribution in [0.25, 0.3) is 0 Å². The number of likely N-dealkylation sites (tertiary alicyclic amines) is 1. The summed E-state index contributed by atoms with van der Waals surface area (Å²) in [5.74, 6) is 1.43. The van der Waals surface area contributed by atoms with Crippen molar-refractivity contribution in [2.45, 2.75) is 38.0 Å². The van der Waals surface area contributed by atoms with Crippen molar-refractivity contribution in [3.8, 4) is 0 Å². The SMILES string of the molecule is Cc1cc(C)cc(CSCC(=O)N2CCC[C@@]3(CNC(=O)O3)C2)c1. The molecule has 2 saturated heterocycles. The van der Waals surface area contributed by atoms with E-state index >= 15 is 0 Å². The van der Waals surface area contributed by atoms with Gasteiger partial charge in [-0.3, -0.25) is 4.79 Å². The minimum atomic E-state index is -0.511. The van der Waals surface area contributed by atoms with Gasteiger partial charge in [-0.2, -0.15) is 0 Å². The molecule has 6 heteroatoms. The summed E-state index contributed by atoms with van der Waals surface area (Å²) in [5, 5.41) is 2.71. The molecule has 1 N–H and O–H groups in total. The number of hydrogen-bond donors (Lipinski definition) is 1. The minimum Gasteiger partial charge on any atom is -0.439 e. The molecule has 3 rings (SSSR count). The van der Waals surface area contributed by atoms with Crippen molar-refractivity contribution < 1.29 is 14.3 Å². The van der Waals surface area contributed by atoms with Crippen LogP contribution in [0.15, 0.2) is 18.2 Å². The molecule has 0 bridgehead atoms. The van der Waals surface area contributed by atoms with Gasteiger partial charge >= 0.3 is 6.09 Å². The fourth-order valence-electron chi connectivity index (χ4n) is 3.54. The summed E-state index contributed by atoms with van der Waals surface area (Å²) in [6.45, 7) is 5.95. The highest BCUT2D eigenvalue weighted by atomic mass is 32.2. The molecule has 0 aromatic heterocycles. The number of ether oxygens (including phenoxy) is 1. The highest BCUT2D eigenvalue weighted by molar-refractivity contribution is 7.99. The smallest absolute Gasteiger partial charge is 0.407 e. The number of carbonyl (C=O) groups is 2. The van der Waals surface area contributed by atoms with Crippen molar-refractivity contribution in [2.75, 3.05) is 25.4 Å². The second kappa shape index (κ2) is 7.05. The average Bonchev–Trinajstić information content (AvgIpc) is 2.86. The Hall–Kier alpha value is -1.69. The van der Waals surface area contributed by atoms with Crippen LogP contribution in [0.1, 0.15) is 29.5 Å². The normalized spacial score (nSPS) is 23.2. The third-order valence-corrected chi connectivity index (χ3v) is 5.52. The summed E-state index contributed by atoms with van der Waals surface area (Å²) in [7, 11) is 0. The molecule has 24 heavy (non-hydrogen) atoms. The van der Waals surface area contributed by atoms with E-state index in [0.29, 0.717) is 18.8 Å². The van der Waals surface area contributed by atoms with Gasteiger partial charge in [0.2, 0.25) is 5.91 Å². The molecule has 0 saturated carbocycles. The maximum atomic E-state index is 12.5. The van der Waals surface area contributed by atoms with Crippen LogP contribution in [-0.4, -0.2) is 47.9 Å². The number of nitrogens with zero attached hydrogens (tertiary/aromatic N) is 1. The summed E-state index contributed by atoms with van der Waals surface area (Å²) in [6, 6.07) is 6.50. The van der Waals surface area contributed by atoms with E-state index in [1.165, 1.54) is 16.7 Å². The van der Waals surface area contributed by atoms with Crippen LogP contribution in [0.4, 0.5) is 4.79 Å². The van der Waals surface area contributed by atoms with Gasteiger partial charge in [-0.25, -0.2) is 4.79 Å². The highest BCUT2D eigenvalue weighted by Crippen LogP contribution is 2.28. The second-order valence-corrected chi connectivity index (χ2v) is 7.82. The highest BCUT2D eigenvalue weighted by Gasteiger charge is 2.44. The molecule has 2 heterocycles. The number of thioether (sulfide) groups is 1. The summed E-state index contributed by atoms with van der Waals surface area (Å²) >= 11 is 1.64. The van der Waals surface area contributed by atoms with Crippen LogP contribution < -0.4 is 5.32 Å². The third-order valence-electron chi connectivity index (χ3n) is 4.53. The lowest BCUT2D eigenvalue weighted by atomic mass is 9.93. The first-order valence-corrected chi connectivity index (χ1v) is 9.51. The van der Waals surface area contributed by atoms with Gasteiger partial charge < -0.3 is 15.0 Å². The summed E-state index contributed by atoms with van der Waals surface area (Å²) in [6.07, 6.45) is 1.33. The molecule has 2 aliphatic heterocycles. The maximum absolute atomic E-state index is 12.5. The third kappa shape index (κ3) is 4.04. The Morgan fingerprint density at radius 3 is 2.75 bits per heavy atom. The molecule has 0 aliphatic carbocycles. The van der Waals surface area contributed by atoms with Crippen LogP contribution in [0.3, 0.4) is 0 Å². The zero-order valence-electron chi connectivity index (χ0n) is 14.3. The fraction of sp³-hybridized carbons (Fsp3) is 0.556. The fourth-order valence-corrected chi connectivity index (χ4v) is 4.40. The molecular formula is C18H24N2O3S. The van der Waals surface area contributed by atoms with E-state index in [1.807, 2.05) is 4.90 Å². The number of alkyl carbamates (subject to hydrolysis) is 1. The lowest BCUT2D eigenvalue weighted by molar-refractivity contribution is -0.133. The first-order valence-electron chi connectivity index (χ1n) is 8.35. The van der Waals surface area contributed by atoms with Gasteiger partial charge in [-0.1, -0.05) is 29.3 Å². The average molecular weight is 348 g/mol. The van der Waals surface area contributed by atoms with E-state index < -0.39 is 5.60 Å². The second-order valence-electron chi connectivity index (χ2n) is 6.83. The summed E-state index contributed by atoms with van der Waals surface area (Å²) in [5.41, 5.74) is 3.26. The van der Waals surface area contributed by atoms with Gasteiger partial charge in [0.15, 0.2) is 0 Å². The van der Waals surface area contributed by atoms with Gasteiger partial charge in [0.25, 0.3) is 0 Å². The van der Waals surface area contributed by atoms with Crippen LogP contribution in [-0.2, 0) is 15.3 Å². The van der Waals surface area contributed by atoms with Crippen LogP contribution in [0, 0.1) is 13.8 Å². The predicted octanol–water partition coefficient (Wildman–Crippen LogP) is 2.64. The van der Waals surface area contributed by atoms with Crippen molar-refractivity contribution >= 4 is 23.8 Å². The van der Waals surface area contributed by atoms with Gasteiger partial charge in [0.1, 0.15) is 5.60 Å². The van der Waals surface area contributed by atoms with Crippen molar-refractivity contribution in [2.24, 2.45) is 0 Å². The van der Waals surface area contributed by atoms with Crippen molar-refractivity contribution in [3.63, 3.8) is 0 Å². The van der Waals surface area contributed by atoms with Crippen LogP contribution in [0.2, 0.25) is 0 Å². The molecule has 2 fully saturated rings. The monoisotopic (exact) mass is 348 g/mol. The quantitative estimate of drug-likeness (QED) is 0.909. The Labute approximate surface area is 147 Å². The molecule has 0 unspecified atom stereocenters. The Kier molecular flexibility index (Phi) is 5.04. The molecule has 5 nitrogen and oxygen atoms in total. The maximum Gasteiger partial charge on any atom is 0.407 e. The van der Waals surface area contributed by atoms with Crippen molar-refractivity contribution in [3.05, 3.63) is 34.9 Å². The van der Waals surface area contributed by atoms with E-state index in [4.69, 9.17) is 4.74 Å². The molecule has 0 radical (unpaired) electrons. The summed E-state index contributed by atoms with van der Waals surface area (Å²) in [4.78, 5) is 25.7. The van der Waals surface area contributed by atoms with Gasteiger partial charge in [0.05, 0.1) is 18.8 Å². The molecule has 2 amide bonds. The van der Waals surface area contributed by atoms with Gasteiger partial charge in [-0.15, -0.1) is 11.8 Å². The number of hydrogen-bond acceptors (Lipinski definition) is 4. The van der Waals surface area contributed by atoms with Gasteiger partial charge in [-0.05, 0) is 32.3 Å². The minimum absolute atomic E-state index is 0.131. The molecule has 2 aliphatic rings. The van der Waals surface area contributed by atoms with Crippen molar-refractivity contribution in [1.82, 2.24) is 10.2 Å². The number of rotatable bonds is 4. The number of amides is 2. The molecule has 1 atom stereocenters. The zero-order chi connectivity index (χ0) is 17.2. The van der Waals surface area contributed by atoms with E-state index in [1.54, 1.807) is 11.8 Å². The molecular weight excluding hydrogens is 324 g/mol. The first-order chi connectivity index (χ1) is 11.5. The van der Waals surface area contributed by atoms with E-state index in [0.717, 1.165) is 25.1 Å². The Bertz CT molecular complexity index is 629. The zero-order valence-corrected chi connectivity index (χ0v) is 15.1. The number of carbonyl (C=O) groups excluding carboxylic acids is 2.